The van der Waals surface area contributed by atoms with Crippen LogP contribution in [0.3, 0.4) is 0 Å². The van der Waals surface area contributed by atoms with Gasteiger partial charge in [0.15, 0.2) is 0 Å². The molecule has 0 unspecified atom stereocenters. The summed E-state index contributed by atoms with van der Waals surface area (Å²) in [5, 5.41) is 5.58. The Hall–Kier alpha value is -3.45. The molecule has 0 saturated heterocycles. The number of ether oxygens (including phenoxy) is 1. The van der Waals surface area contributed by atoms with Gasteiger partial charge in [-0.05, 0) is 36.4 Å². The molecule has 1 aromatic carbocycles. The molecule has 0 fully saturated rings. The monoisotopic (exact) mass is 382 g/mol. The molecule has 7 nitrogen and oxygen atoms in total. The van der Waals surface area contributed by atoms with Crippen LogP contribution >= 0.6 is 11.6 Å². The predicted molar refractivity (Wildman–Crippen MR) is 101 cm³/mol. The third kappa shape index (κ3) is 4.59. The van der Waals surface area contributed by atoms with E-state index in [4.69, 9.17) is 16.3 Å². The molecule has 2 heterocycles. The van der Waals surface area contributed by atoms with Crippen LogP contribution < -0.4 is 15.4 Å². The van der Waals surface area contributed by atoms with Crippen LogP contribution in [0.15, 0.2) is 60.9 Å². The van der Waals surface area contributed by atoms with Gasteiger partial charge in [-0.2, -0.15) is 0 Å². The molecule has 27 heavy (non-hydrogen) atoms. The molecular weight excluding hydrogens is 368 g/mol. The van der Waals surface area contributed by atoms with Gasteiger partial charge in [-0.25, -0.2) is 9.97 Å². The molecule has 2 aromatic heterocycles. The van der Waals surface area contributed by atoms with Crippen LogP contribution in [0.25, 0.3) is 0 Å². The van der Waals surface area contributed by atoms with Gasteiger partial charge in [0.1, 0.15) is 23.0 Å². The number of anilines is 1. The summed E-state index contributed by atoms with van der Waals surface area (Å²) in [6, 6.07) is 13.2. The molecule has 0 aliphatic carbocycles. The molecule has 8 heteroatoms. The van der Waals surface area contributed by atoms with E-state index >= 15 is 0 Å². The van der Waals surface area contributed by atoms with Gasteiger partial charge >= 0.3 is 0 Å². The molecule has 3 rings (SSSR count). The Kier molecular flexibility index (Phi) is 5.63. The first-order valence-corrected chi connectivity index (χ1v) is 8.32. The fraction of sp³-hybridized carbons (Fsp3) is 0.0526. The Morgan fingerprint density at radius 3 is 2.56 bits per heavy atom. The average Bonchev–Trinajstić information content (AvgIpc) is 2.70. The van der Waals surface area contributed by atoms with E-state index in [0.29, 0.717) is 22.1 Å². The number of nitrogens with zero attached hydrogens (tertiary/aromatic N) is 2. The standard InChI is InChI=1S/C19H15ClN4O3/c1-21-18(25)12-8-9-22-17(10-12)24-19(26)15-7-6-13(11-23-15)27-16-5-3-2-4-14(16)20/h2-11H,1H3,(H,21,25)(H,22,24,26). The van der Waals surface area contributed by atoms with Gasteiger partial charge in [0.25, 0.3) is 11.8 Å². The number of carbonyl (C=O) groups excluding carboxylic acids is 2. The number of amides is 2. The number of hydrogen-bond donors (Lipinski definition) is 2. The molecule has 0 saturated carbocycles. The first-order chi connectivity index (χ1) is 13.1. The van der Waals surface area contributed by atoms with Crippen LogP contribution in [0.1, 0.15) is 20.8 Å². The number of para-hydroxylation sites is 1. The maximum absolute atomic E-state index is 12.3. The summed E-state index contributed by atoms with van der Waals surface area (Å²) in [7, 11) is 1.52. The Labute approximate surface area is 160 Å². The smallest absolute Gasteiger partial charge is 0.275 e. The van der Waals surface area contributed by atoms with Crippen molar-refractivity contribution in [3.8, 4) is 11.5 Å². The van der Waals surface area contributed by atoms with E-state index in [0.717, 1.165) is 0 Å². The van der Waals surface area contributed by atoms with Crippen molar-refractivity contribution in [2.75, 3.05) is 12.4 Å². The lowest BCUT2D eigenvalue weighted by molar-refractivity contribution is 0.0961. The van der Waals surface area contributed by atoms with Crippen molar-refractivity contribution in [3.05, 3.63) is 77.2 Å². The summed E-state index contributed by atoms with van der Waals surface area (Å²) in [6.45, 7) is 0. The minimum Gasteiger partial charge on any atom is -0.454 e. The lowest BCUT2D eigenvalue weighted by Crippen LogP contribution is -2.19. The molecule has 0 spiro atoms. The highest BCUT2D eigenvalue weighted by Gasteiger charge is 2.11. The number of nitrogens with one attached hydrogen (secondary N) is 2. The van der Waals surface area contributed by atoms with Gasteiger partial charge in [-0.1, -0.05) is 23.7 Å². The molecule has 0 atom stereocenters. The predicted octanol–water partition coefficient (Wildman–Crippen LogP) is 3.53. The third-order valence-corrected chi connectivity index (χ3v) is 3.84. The summed E-state index contributed by atoms with van der Waals surface area (Å²) in [6.07, 6.45) is 2.86. The molecule has 3 aromatic rings. The summed E-state index contributed by atoms with van der Waals surface area (Å²) in [4.78, 5) is 32.1. The first kappa shape index (κ1) is 18.3. The number of hydrogen-bond acceptors (Lipinski definition) is 5. The average molecular weight is 383 g/mol. The molecule has 0 aliphatic rings. The Morgan fingerprint density at radius 1 is 1.04 bits per heavy atom. The topological polar surface area (TPSA) is 93.2 Å². The van der Waals surface area contributed by atoms with Crippen molar-refractivity contribution >= 4 is 29.2 Å². The van der Waals surface area contributed by atoms with E-state index < -0.39 is 5.91 Å². The SMILES string of the molecule is CNC(=O)c1ccnc(NC(=O)c2ccc(Oc3ccccc3Cl)cn2)c1. The van der Waals surface area contributed by atoms with Gasteiger partial charge in [0.05, 0.1) is 11.2 Å². The van der Waals surface area contributed by atoms with Crippen molar-refractivity contribution in [2.45, 2.75) is 0 Å². The fourth-order valence-corrected chi connectivity index (χ4v) is 2.37. The molecule has 136 valence electrons. The van der Waals surface area contributed by atoms with Crippen LogP contribution in [0.4, 0.5) is 5.82 Å². The van der Waals surface area contributed by atoms with Crippen molar-refractivity contribution in [2.24, 2.45) is 0 Å². The van der Waals surface area contributed by atoms with E-state index in [1.54, 1.807) is 36.4 Å². The van der Waals surface area contributed by atoms with Crippen LogP contribution in [0.5, 0.6) is 11.5 Å². The van der Waals surface area contributed by atoms with Gasteiger partial charge in [-0.3, -0.25) is 9.59 Å². The minimum absolute atomic E-state index is 0.175. The highest BCUT2D eigenvalue weighted by molar-refractivity contribution is 6.32. The lowest BCUT2D eigenvalue weighted by atomic mass is 10.2. The maximum atomic E-state index is 12.3. The number of benzene rings is 1. The first-order valence-electron chi connectivity index (χ1n) is 7.95. The molecule has 0 aliphatic heterocycles. The number of rotatable bonds is 5. The molecule has 0 radical (unpaired) electrons. The van der Waals surface area contributed by atoms with Crippen molar-refractivity contribution < 1.29 is 14.3 Å². The zero-order valence-corrected chi connectivity index (χ0v) is 15.0. The lowest BCUT2D eigenvalue weighted by Gasteiger charge is -2.08. The van der Waals surface area contributed by atoms with E-state index in [2.05, 4.69) is 20.6 Å². The van der Waals surface area contributed by atoms with E-state index in [-0.39, 0.29) is 17.4 Å². The van der Waals surface area contributed by atoms with Gasteiger partial charge < -0.3 is 15.4 Å². The van der Waals surface area contributed by atoms with Gasteiger partial charge in [0, 0.05) is 18.8 Å². The summed E-state index contributed by atoms with van der Waals surface area (Å²) in [5.74, 6) is 0.458. The van der Waals surface area contributed by atoms with Gasteiger partial charge in [0.2, 0.25) is 0 Å². The third-order valence-electron chi connectivity index (χ3n) is 3.52. The quantitative estimate of drug-likeness (QED) is 0.704. The minimum atomic E-state index is -0.458. The number of pyridine rings is 2. The molecular formula is C19H15ClN4O3. The highest BCUT2D eigenvalue weighted by Crippen LogP contribution is 2.28. The van der Waals surface area contributed by atoms with Crippen LogP contribution in [0.2, 0.25) is 5.02 Å². The largest absolute Gasteiger partial charge is 0.454 e. The zero-order valence-electron chi connectivity index (χ0n) is 14.3. The summed E-state index contributed by atoms with van der Waals surface area (Å²) >= 11 is 6.05. The summed E-state index contributed by atoms with van der Waals surface area (Å²) < 4.78 is 5.63. The fourth-order valence-electron chi connectivity index (χ4n) is 2.19. The molecule has 0 bridgehead atoms. The Morgan fingerprint density at radius 2 is 1.85 bits per heavy atom. The maximum Gasteiger partial charge on any atom is 0.275 e. The van der Waals surface area contributed by atoms with Crippen molar-refractivity contribution in [1.82, 2.24) is 15.3 Å². The normalized spacial score (nSPS) is 10.1. The van der Waals surface area contributed by atoms with E-state index in [1.807, 2.05) is 0 Å². The molecule has 2 amide bonds. The van der Waals surface area contributed by atoms with Crippen LogP contribution in [-0.4, -0.2) is 28.8 Å². The van der Waals surface area contributed by atoms with Crippen molar-refractivity contribution in [1.29, 1.82) is 0 Å². The second-order valence-electron chi connectivity index (χ2n) is 5.37. The second kappa shape index (κ2) is 8.29. The van der Waals surface area contributed by atoms with E-state index in [9.17, 15) is 9.59 Å². The van der Waals surface area contributed by atoms with Crippen LogP contribution in [-0.2, 0) is 0 Å². The number of halogens is 1. The second-order valence-corrected chi connectivity index (χ2v) is 5.78. The number of carbonyl (C=O) groups is 2. The molecule has 2 N–H and O–H groups in total. The van der Waals surface area contributed by atoms with Gasteiger partial charge in [-0.15, -0.1) is 0 Å². The summed E-state index contributed by atoms with van der Waals surface area (Å²) in [5.41, 5.74) is 0.563. The van der Waals surface area contributed by atoms with E-state index in [1.165, 1.54) is 31.6 Å². The highest BCUT2D eigenvalue weighted by atomic mass is 35.5. The Balaban J connectivity index is 1.69. The Bertz CT molecular complexity index is 977. The van der Waals surface area contributed by atoms with Crippen LogP contribution in [0, 0.1) is 0 Å². The number of aromatic nitrogens is 2. The zero-order chi connectivity index (χ0) is 19.2. The van der Waals surface area contributed by atoms with Crippen molar-refractivity contribution in [3.63, 3.8) is 0 Å².